The average Bonchev–Trinajstić information content (AvgIpc) is 3.10. The molecule has 1 aromatic heterocycles. The summed E-state index contributed by atoms with van der Waals surface area (Å²) in [7, 11) is 0. The third kappa shape index (κ3) is 3.35. The lowest BCUT2D eigenvalue weighted by atomic mass is 9.99. The van der Waals surface area contributed by atoms with Crippen LogP contribution in [0.5, 0.6) is 0 Å². The molecular weight excluding hydrogens is 274 g/mol. The maximum atomic E-state index is 6.33. The van der Waals surface area contributed by atoms with E-state index in [1.807, 2.05) is 0 Å². The minimum Gasteiger partial charge on any atom is -0.377 e. The van der Waals surface area contributed by atoms with Crippen LogP contribution >= 0.6 is 11.8 Å². The van der Waals surface area contributed by atoms with E-state index in [9.17, 15) is 0 Å². The first-order valence-corrected chi connectivity index (χ1v) is 8.73. The van der Waals surface area contributed by atoms with Crippen LogP contribution in [0, 0.1) is 0 Å². The second-order valence-electron chi connectivity index (χ2n) is 5.88. The van der Waals surface area contributed by atoms with Crippen LogP contribution in [0.25, 0.3) is 0 Å². The molecule has 0 amide bonds. The van der Waals surface area contributed by atoms with E-state index in [2.05, 4.69) is 10.1 Å². The highest BCUT2D eigenvalue weighted by atomic mass is 32.2. The van der Waals surface area contributed by atoms with Crippen LogP contribution in [0.3, 0.4) is 0 Å². The SMILES string of the molecule is NC1(c2noc(CSCC3CCCCO3)n2)CCCC1. The van der Waals surface area contributed by atoms with Crippen LogP contribution < -0.4 is 5.73 Å². The Morgan fingerprint density at radius 2 is 2.10 bits per heavy atom. The van der Waals surface area contributed by atoms with Gasteiger partial charge in [0.15, 0.2) is 5.82 Å². The number of thioether (sulfide) groups is 1. The Bertz CT molecular complexity index is 426. The van der Waals surface area contributed by atoms with Crippen molar-refractivity contribution in [1.82, 2.24) is 10.1 Å². The zero-order valence-electron chi connectivity index (χ0n) is 11.8. The molecule has 2 heterocycles. The van der Waals surface area contributed by atoms with Crippen LogP contribution in [0.4, 0.5) is 0 Å². The molecule has 5 nitrogen and oxygen atoms in total. The quantitative estimate of drug-likeness (QED) is 0.900. The highest BCUT2D eigenvalue weighted by molar-refractivity contribution is 7.98. The number of rotatable bonds is 5. The molecule has 0 bridgehead atoms. The van der Waals surface area contributed by atoms with Crippen molar-refractivity contribution in [3.63, 3.8) is 0 Å². The molecule has 1 aliphatic heterocycles. The summed E-state index contributed by atoms with van der Waals surface area (Å²) in [6.07, 6.45) is 8.31. The van der Waals surface area contributed by atoms with Crippen LogP contribution in [0.2, 0.25) is 0 Å². The molecule has 1 aliphatic carbocycles. The lowest BCUT2D eigenvalue weighted by Gasteiger charge is -2.21. The Morgan fingerprint density at radius 1 is 1.25 bits per heavy atom. The van der Waals surface area contributed by atoms with Gasteiger partial charge in [-0.2, -0.15) is 4.98 Å². The van der Waals surface area contributed by atoms with Gasteiger partial charge in [-0.1, -0.05) is 18.0 Å². The van der Waals surface area contributed by atoms with Gasteiger partial charge in [-0.25, -0.2) is 0 Å². The molecule has 1 saturated carbocycles. The van der Waals surface area contributed by atoms with Gasteiger partial charge in [-0.05, 0) is 32.1 Å². The number of hydrogen-bond acceptors (Lipinski definition) is 6. The van der Waals surface area contributed by atoms with Crippen molar-refractivity contribution >= 4 is 11.8 Å². The van der Waals surface area contributed by atoms with Crippen molar-refractivity contribution in [2.75, 3.05) is 12.4 Å². The minimum absolute atomic E-state index is 0.348. The largest absolute Gasteiger partial charge is 0.377 e. The van der Waals surface area contributed by atoms with Crippen LogP contribution in [0.15, 0.2) is 4.52 Å². The Morgan fingerprint density at radius 3 is 2.85 bits per heavy atom. The van der Waals surface area contributed by atoms with Gasteiger partial charge in [0.1, 0.15) is 0 Å². The van der Waals surface area contributed by atoms with Crippen molar-refractivity contribution in [2.45, 2.75) is 62.3 Å². The van der Waals surface area contributed by atoms with Crippen LogP contribution in [-0.2, 0) is 16.0 Å². The van der Waals surface area contributed by atoms with Gasteiger partial charge in [0, 0.05) is 12.4 Å². The van der Waals surface area contributed by atoms with Gasteiger partial charge in [-0.15, -0.1) is 11.8 Å². The van der Waals surface area contributed by atoms with Crippen molar-refractivity contribution < 1.29 is 9.26 Å². The summed E-state index contributed by atoms with van der Waals surface area (Å²) in [5, 5.41) is 4.08. The molecule has 3 rings (SSSR count). The molecule has 20 heavy (non-hydrogen) atoms. The van der Waals surface area contributed by atoms with E-state index in [1.165, 1.54) is 19.3 Å². The van der Waals surface area contributed by atoms with Gasteiger partial charge in [0.25, 0.3) is 0 Å². The molecule has 2 aliphatic rings. The Labute approximate surface area is 124 Å². The predicted octanol–water partition coefficient (Wildman–Crippen LogP) is 2.60. The summed E-state index contributed by atoms with van der Waals surface area (Å²) in [6, 6.07) is 0. The fourth-order valence-corrected chi connectivity index (χ4v) is 3.90. The average molecular weight is 297 g/mol. The Kier molecular flexibility index (Phi) is 4.63. The van der Waals surface area contributed by atoms with E-state index in [-0.39, 0.29) is 5.54 Å². The van der Waals surface area contributed by atoms with E-state index in [4.69, 9.17) is 15.0 Å². The van der Waals surface area contributed by atoms with Crippen LogP contribution in [-0.4, -0.2) is 28.6 Å². The first-order valence-electron chi connectivity index (χ1n) is 7.58. The molecule has 112 valence electrons. The van der Waals surface area contributed by atoms with E-state index in [0.29, 0.717) is 17.8 Å². The smallest absolute Gasteiger partial charge is 0.236 e. The molecule has 1 atom stereocenters. The van der Waals surface area contributed by atoms with E-state index in [1.54, 1.807) is 11.8 Å². The molecule has 0 radical (unpaired) electrons. The maximum absolute atomic E-state index is 6.33. The molecule has 1 aromatic rings. The highest BCUT2D eigenvalue weighted by Gasteiger charge is 2.35. The lowest BCUT2D eigenvalue weighted by Crippen LogP contribution is -2.34. The first-order chi connectivity index (χ1) is 9.76. The van der Waals surface area contributed by atoms with Crippen molar-refractivity contribution in [2.24, 2.45) is 5.73 Å². The summed E-state index contributed by atoms with van der Waals surface area (Å²) in [6.45, 7) is 0.908. The van der Waals surface area contributed by atoms with E-state index < -0.39 is 0 Å². The van der Waals surface area contributed by atoms with Gasteiger partial charge in [0.05, 0.1) is 17.4 Å². The topological polar surface area (TPSA) is 74.2 Å². The summed E-state index contributed by atoms with van der Waals surface area (Å²) >= 11 is 1.81. The molecular formula is C14H23N3O2S. The summed E-state index contributed by atoms with van der Waals surface area (Å²) < 4.78 is 11.0. The Hall–Kier alpha value is -0.590. The third-order valence-electron chi connectivity index (χ3n) is 4.21. The number of nitrogens with zero attached hydrogens (tertiary/aromatic N) is 2. The first kappa shape index (κ1) is 14.4. The monoisotopic (exact) mass is 297 g/mol. The second-order valence-corrected chi connectivity index (χ2v) is 6.91. The van der Waals surface area contributed by atoms with E-state index in [0.717, 1.165) is 43.8 Å². The fraction of sp³-hybridized carbons (Fsp3) is 0.857. The number of aromatic nitrogens is 2. The molecule has 1 unspecified atom stereocenters. The zero-order chi connectivity index (χ0) is 13.8. The van der Waals surface area contributed by atoms with Crippen molar-refractivity contribution in [3.05, 3.63) is 11.7 Å². The molecule has 6 heteroatoms. The van der Waals surface area contributed by atoms with E-state index >= 15 is 0 Å². The molecule has 2 N–H and O–H groups in total. The molecule has 0 aromatic carbocycles. The van der Waals surface area contributed by atoms with Gasteiger partial charge >= 0.3 is 0 Å². The maximum Gasteiger partial charge on any atom is 0.236 e. The zero-order valence-corrected chi connectivity index (χ0v) is 12.7. The van der Waals surface area contributed by atoms with Gasteiger partial charge < -0.3 is 15.0 Å². The number of ether oxygens (including phenoxy) is 1. The molecule has 2 fully saturated rings. The predicted molar refractivity (Wildman–Crippen MR) is 78.4 cm³/mol. The highest BCUT2D eigenvalue weighted by Crippen LogP contribution is 2.34. The molecule has 0 spiro atoms. The minimum atomic E-state index is -0.348. The number of hydrogen-bond donors (Lipinski definition) is 1. The second kappa shape index (κ2) is 6.45. The third-order valence-corrected chi connectivity index (χ3v) is 5.27. The van der Waals surface area contributed by atoms with Crippen molar-refractivity contribution in [3.8, 4) is 0 Å². The molecule has 1 saturated heterocycles. The summed E-state index contributed by atoms with van der Waals surface area (Å²) in [5.41, 5.74) is 5.98. The summed E-state index contributed by atoms with van der Waals surface area (Å²) in [5.74, 6) is 3.14. The normalized spacial score (nSPS) is 25.9. The standard InChI is InChI=1S/C14H23N3O2S/c15-14(6-2-3-7-14)13-16-12(19-17-13)10-20-9-11-5-1-4-8-18-11/h11H,1-10,15H2. The lowest BCUT2D eigenvalue weighted by molar-refractivity contribution is 0.0315. The summed E-state index contributed by atoms with van der Waals surface area (Å²) in [4.78, 5) is 4.48. The van der Waals surface area contributed by atoms with Crippen LogP contribution in [0.1, 0.15) is 56.7 Å². The van der Waals surface area contributed by atoms with Gasteiger partial charge in [0.2, 0.25) is 5.89 Å². The number of nitrogens with two attached hydrogens (primary N) is 1. The fourth-order valence-electron chi connectivity index (χ4n) is 2.96. The Balaban J connectivity index is 1.47. The van der Waals surface area contributed by atoms with Gasteiger partial charge in [-0.3, -0.25) is 0 Å². The van der Waals surface area contributed by atoms with Crippen molar-refractivity contribution in [1.29, 1.82) is 0 Å².